The number of thiophene rings is 1. The van der Waals surface area contributed by atoms with Crippen molar-refractivity contribution in [3.63, 3.8) is 0 Å². The molecular weight excluding hydrogens is 264 g/mol. The van der Waals surface area contributed by atoms with Crippen LogP contribution < -0.4 is 5.73 Å². The fourth-order valence-corrected chi connectivity index (χ4v) is 2.20. The van der Waals surface area contributed by atoms with Crippen LogP contribution in [0.3, 0.4) is 0 Å². The van der Waals surface area contributed by atoms with Crippen LogP contribution in [0, 0.1) is 0 Å². The van der Waals surface area contributed by atoms with Gasteiger partial charge in [0.15, 0.2) is 0 Å². The molecule has 0 aromatic carbocycles. The predicted molar refractivity (Wildman–Crippen MR) is 69.3 cm³/mol. The Balaban J connectivity index is 1.76. The van der Waals surface area contributed by atoms with E-state index in [1.54, 1.807) is 22.2 Å². The molecule has 3 aromatic heterocycles. The van der Waals surface area contributed by atoms with E-state index in [0.717, 1.165) is 10.6 Å². The van der Waals surface area contributed by atoms with Gasteiger partial charge in [-0.2, -0.15) is 0 Å². The van der Waals surface area contributed by atoms with Crippen LogP contribution in [0.25, 0.3) is 10.8 Å². The number of rotatable bonds is 4. The Morgan fingerprint density at radius 1 is 1.42 bits per heavy atom. The summed E-state index contributed by atoms with van der Waals surface area (Å²) in [6.45, 7) is 2.24. The summed E-state index contributed by atoms with van der Waals surface area (Å²) in [6.07, 6.45) is 1.78. The van der Waals surface area contributed by atoms with Crippen LogP contribution in [0.1, 0.15) is 24.6 Å². The molecule has 0 fully saturated rings. The van der Waals surface area contributed by atoms with Crippen LogP contribution in [-0.4, -0.2) is 25.2 Å². The molecule has 0 saturated heterocycles. The van der Waals surface area contributed by atoms with Crippen LogP contribution in [0.2, 0.25) is 0 Å². The van der Waals surface area contributed by atoms with Gasteiger partial charge in [-0.3, -0.25) is 0 Å². The zero-order chi connectivity index (χ0) is 13.2. The number of hydrogen-bond donors (Lipinski definition) is 1. The second-order valence-electron chi connectivity index (χ2n) is 4.11. The average molecular weight is 276 g/mol. The lowest BCUT2D eigenvalue weighted by molar-refractivity contribution is 0.470. The third-order valence-electron chi connectivity index (χ3n) is 2.52. The van der Waals surface area contributed by atoms with E-state index in [4.69, 9.17) is 10.2 Å². The first-order chi connectivity index (χ1) is 9.22. The maximum absolute atomic E-state index is 5.72. The number of nitrogens with two attached hydrogens (primary N) is 1. The maximum Gasteiger partial charge on any atom is 0.257 e. The first kappa shape index (κ1) is 12.0. The lowest BCUT2D eigenvalue weighted by atomic mass is 10.3. The van der Waals surface area contributed by atoms with Crippen LogP contribution in [0.4, 0.5) is 0 Å². The van der Waals surface area contributed by atoms with Gasteiger partial charge in [-0.25, -0.2) is 4.68 Å². The molecule has 0 saturated carbocycles. The molecule has 0 radical (unpaired) electrons. The normalized spacial score (nSPS) is 12.7. The molecule has 0 spiro atoms. The molecule has 1 atom stereocenters. The molecule has 0 bridgehead atoms. The van der Waals surface area contributed by atoms with E-state index in [1.807, 2.05) is 24.4 Å². The van der Waals surface area contributed by atoms with Gasteiger partial charge in [0.2, 0.25) is 5.89 Å². The number of hydrogen-bond acceptors (Lipinski definition) is 7. The van der Waals surface area contributed by atoms with Crippen LogP contribution in [-0.2, 0) is 6.54 Å². The van der Waals surface area contributed by atoms with Crippen molar-refractivity contribution in [3.05, 3.63) is 35.3 Å². The zero-order valence-corrected chi connectivity index (χ0v) is 11.0. The van der Waals surface area contributed by atoms with E-state index in [1.165, 1.54) is 0 Å². The molecule has 2 N–H and O–H groups in total. The van der Waals surface area contributed by atoms with Crippen molar-refractivity contribution in [1.82, 2.24) is 25.2 Å². The van der Waals surface area contributed by atoms with Gasteiger partial charge in [-0.1, -0.05) is 11.3 Å². The number of nitrogens with zero attached hydrogens (tertiary/aromatic N) is 5. The third-order valence-corrected chi connectivity index (χ3v) is 3.38. The van der Waals surface area contributed by atoms with Crippen molar-refractivity contribution < 1.29 is 4.42 Å². The Morgan fingerprint density at radius 3 is 3.00 bits per heavy atom. The molecule has 98 valence electrons. The Morgan fingerprint density at radius 2 is 2.32 bits per heavy atom. The standard InChI is InChI=1S/C11H12N6OS/c1-7(12)8-5-17(16-13-8)6-10-14-15-11(18-10)9-3-2-4-19-9/h2-5,7H,6,12H2,1H3. The van der Waals surface area contributed by atoms with E-state index < -0.39 is 0 Å². The van der Waals surface area contributed by atoms with E-state index in [9.17, 15) is 0 Å². The van der Waals surface area contributed by atoms with Gasteiger partial charge in [0.25, 0.3) is 5.89 Å². The highest BCUT2D eigenvalue weighted by Gasteiger charge is 2.11. The zero-order valence-electron chi connectivity index (χ0n) is 10.2. The summed E-state index contributed by atoms with van der Waals surface area (Å²) in [6, 6.07) is 3.74. The molecule has 8 heteroatoms. The van der Waals surface area contributed by atoms with Gasteiger partial charge in [0, 0.05) is 6.04 Å². The summed E-state index contributed by atoms with van der Waals surface area (Å²) >= 11 is 1.56. The van der Waals surface area contributed by atoms with Gasteiger partial charge in [0.05, 0.1) is 16.8 Å². The lowest BCUT2D eigenvalue weighted by Crippen LogP contribution is -2.05. The highest BCUT2D eigenvalue weighted by molar-refractivity contribution is 7.13. The van der Waals surface area contributed by atoms with Crippen molar-refractivity contribution in [3.8, 4) is 10.8 Å². The maximum atomic E-state index is 5.72. The highest BCUT2D eigenvalue weighted by atomic mass is 32.1. The quantitative estimate of drug-likeness (QED) is 0.775. The van der Waals surface area contributed by atoms with Crippen molar-refractivity contribution in [2.24, 2.45) is 5.73 Å². The molecule has 3 aromatic rings. The fraction of sp³-hybridized carbons (Fsp3) is 0.273. The van der Waals surface area contributed by atoms with E-state index in [0.29, 0.717) is 18.3 Å². The molecule has 19 heavy (non-hydrogen) atoms. The van der Waals surface area contributed by atoms with E-state index in [-0.39, 0.29) is 6.04 Å². The molecule has 7 nitrogen and oxygen atoms in total. The van der Waals surface area contributed by atoms with Gasteiger partial charge in [-0.15, -0.1) is 26.6 Å². The lowest BCUT2D eigenvalue weighted by Gasteiger charge is -1.96. The Hall–Kier alpha value is -2.06. The monoisotopic (exact) mass is 276 g/mol. The SMILES string of the molecule is CC(N)c1cn(Cc2nnc(-c3cccs3)o2)nn1. The minimum absolute atomic E-state index is 0.141. The minimum atomic E-state index is -0.141. The van der Waals surface area contributed by atoms with Crippen LogP contribution in [0.15, 0.2) is 28.1 Å². The third kappa shape index (κ3) is 2.54. The fourth-order valence-electron chi connectivity index (χ4n) is 1.56. The summed E-state index contributed by atoms with van der Waals surface area (Å²) in [5.74, 6) is 1.02. The van der Waals surface area contributed by atoms with Crippen molar-refractivity contribution in [1.29, 1.82) is 0 Å². The molecule has 3 rings (SSSR count). The van der Waals surface area contributed by atoms with Crippen molar-refractivity contribution in [2.75, 3.05) is 0 Å². The van der Waals surface area contributed by atoms with Gasteiger partial charge >= 0.3 is 0 Å². The van der Waals surface area contributed by atoms with Gasteiger partial charge in [0.1, 0.15) is 6.54 Å². The summed E-state index contributed by atoms with van der Waals surface area (Å²) in [5, 5.41) is 17.9. The van der Waals surface area contributed by atoms with E-state index in [2.05, 4.69) is 20.5 Å². The van der Waals surface area contributed by atoms with Crippen LogP contribution in [0.5, 0.6) is 0 Å². The second-order valence-corrected chi connectivity index (χ2v) is 5.06. The summed E-state index contributed by atoms with van der Waals surface area (Å²) in [5.41, 5.74) is 6.46. The molecule has 0 aliphatic carbocycles. The summed E-state index contributed by atoms with van der Waals surface area (Å²) in [4.78, 5) is 0.952. The molecule has 0 amide bonds. The first-order valence-corrected chi connectivity index (χ1v) is 6.62. The molecule has 3 heterocycles. The molecule has 0 aliphatic heterocycles. The molecular formula is C11H12N6OS. The topological polar surface area (TPSA) is 95.7 Å². The number of aromatic nitrogens is 5. The van der Waals surface area contributed by atoms with Crippen LogP contribution >= 0.6 is 11.3 Å². The largest absolute Gasteiger partial charge is 0.418 e. The minimum Gasteiger partial charge on any atom is -0.418 e. The Labute approximate surface area is 113 Å². The predicted octanol–water partition coefficient (Wildman–Crippen LogP) is 1.46. The Bertz CT molecular complexity index is 656. The first-order valence-electron chi connectivity index (χ1n) is 5.74. The van der Waals surface area contributed by atoms with Crippen molar-refractivity contribution in [2.45, 2.75) is 19.5 Å². The van der Waals surface area contributed by atoms with E-state index >= 15 is 0 Å². The smallest absolute Gasteiger partial charge is 0.257 e. The molecule has 0 aliphatic rings. The van der Waals surface area contributed by atoms with Crippen molar-refractivity contribution >= 4 is 11.3 Å². The second kappa shape index (κ2) is 4.90. The molecule has 1 unspecified atom stereocenters. The Kier molecular flexibility index (Phi) is 3.10. The summed E-state index contributed by atoms with van der Waals surface area (Å²) < 4.78 is 7.20. The van der Waals surface area contributed by atoms with Gasteiger partial charge < -0.3 is 10.2 Å². The summed E-state index contributed by atoms with van der Waals surface area (Å²) in [7, 11) is 0. The highest BCUT2D eigenvalue weighted by Crippen LogP contribution is 2.23. The average Bonchev–Trinajstić information content (AvgIpc) is 3.09. The van der Waals surface area contributed by atoms with Gasteiger partial charge in [-0.05, 0) is 18.4 Å².